The molecule has 10 heteroatoms. The number of hydrogen-bond donors (Lipinski definition) is 2. The number of nitrogens with one attached hydrogen (secondary N) is 1. The van der Waals surface area contributed by atoms with Gasteiger partial charge < -0.3 is 15.8 Å². The van der Waals surface area contributed by atoms with Crippen LogP contribution in [-0.4, -0.2) is 34.9 Å². The molecule has 0 saturated heterocycles. The number of nitrogens with zero attached hydrogens (tertiary/aromatic N) is 3. The molecule has 4 rings (SSSR count). The first-order chi connectivity index (χ1) is 14.5. The molecule has 1 aromatic carbocycles. The van der Waals surface area contributed by atoms with E-state index in [1.165, 1.54) is 18.3 Å². The third kappa shape index (κ3) is 3.90. The summed E-state index contributed by atoms with van der Waals surface area (Å²) in [6.45, 7) is 0.959. The number of amides is 1. The summed E-state index contributed by atoms with van der Waals surface area (Å²) < 4.78 is 34.3. The molecule has 0 bridgehead atoms. The summed E-state index contributed by atoms with van der Waals surface area (Å²) in [5.74, 6) is -1.75. The van der Waals surface area contributed by atoms with E-state index < -0.39 is 17.7 Å². The van der Waals surface area contributed by atoms with Gasteiger partial charge in [0.2, 0.25) is 0 Å². The van der Waals surface area contributed by atoms with E-state index in [4.69, 9.17) is 10.5 Å². The molecule has 3 N–H and O–H groups in total. The Bertz CT molecular complexity index is 1130. The Morgan fingerprint density at radius 3 is 2.83 bits per heavy atom. The molecule has 0 saturated carbocycles. The quantitative estimate of drug-likeness (QED) is 0.648. The average Bonchev–Trinajstić information content (AvgIpc) is 3.26. The second kappa shape index (κ2) is 8.22. The van der Waals surface area contributed by atoms with E-state index in [9.17, 15) is 18.8 Å². The lowest BCUT2D eigenvalue weighted by molar-refractivity contribution is 0.0942. The Kier molecular flexibility index (Phi) is 5.48. The zero-order valence-corrected chi connectivity index (χ0v) is 16.5. The highest BCUT2D eigenvalue weighted by Gasteiger charge is 2.26. The topological polar surface area (TPSA) is 106 Å². The molecule has 1 amide bonds. The SMILES string of the molecule is N#Cc1cnn2c1-c1cc(C(=O)NC(CN)Cc3cc(F)cc(F)c3)sc1OCC2. The monoisotopic (exact) mass is 429 g/mol. The Balaban J connectivity index is 1.56. The van der Waals surface area contributed by atoms with Crippen molar-refractivity contribution in [3.63, 3.8) is 0 Å². The van der Waals surface area contributed by atoms with Crippen LogP contribution in [0.5, 0.6) is 5.06 Å². The van der Waals surface area contributed by atoms with Crippen molar-refractivity contribution in [2.24, 2.45) is 5.73 Å². The summed E-state index contributed by atoms with van der Waals surface area (Å²) in [5, 5.41) is 16.9. The van der Waals surface area contributed by atoms with Gasteiger partial charge in [-0.1, -0.05) is 11.3 Å². The second-order valence-corrected chi connectivity index (χ2v) is 7.80. The number of fused-ring (bicyclic) bond motifs is 3. The van der Waals surface area contributed by atoms with E-state index in [0.29, 0.717) is 45.5 Å². The molecule has 3 heterocycles. The van der Waals surface area contributed by atoms with Gasteiger partial charge in [-0.05, 0) is 30.2 Å². The van der Waals surface area contributed by atoms with E-state index in [1.54, 1.807) is 10.7 Å². The number of halogens is 2. The number of benzene rings is 1. The van der Waals surface area contributed by atoms with Crippen LogP contribution in [0.3, 0.4) is 0 Å². The predicted molar refractivity (Wildman–Crippen MR) is 106 cm³/mol. The minimum atomic E-state index is -0.684. The number of thiophene rings is 1. The van der Waals surface area contributed by atoms with Gasteiger partial charge in [-0.3, -0.25) is 9.48 Å². The van der Waals surface area contributed by atoms with Crippen LogP contribution in [0.15, 0.2) is 30.5 Å². The lowest BCUT2D eigenvalue weighted by atomic mass is 10.1. The fourth-order valence-electron chi connectivity index (χ4n) is 3.37. The molecule has 30 heavy (non-hydrogen) atoms. The number of aromatic nitrogens is 2. The number of hydrogen-bond acceptors (Lipinski definition) is 6. The van der Waals surface area contributed by atoms with Crippen molar-refractivity contribution in [1.82, 2.24) is 15.1 Å². The lowest BCUT2D eigenvalue weighted by Gasteiger charge is -2.16. The minimum Gasteiger partial charge on any atom is -0.481 e. The van der Waals surface area contributed by atoms with Gasteiger partial charge >= 0.3 is 0 Å². The van der Waals surface area contributed by atoms with Crippen molar-refractivity contribution in [3.05, 3.63) is 58.1 Å². The smallest absolute Gasteiger partial charge is 0.261 e. The summed E-state index contributed by atoms with van der Waals surface area (Å²) in [6.07, 6.45) is 1.67. The highest BCUT2D eigenvalue weighted by Crippen LogP contribution is 2.41. The molecule has 1 aliphatic heterocycles. The summed E-state index contributed by atoms with van der Waals surface area (Å²) in [7, 11) is 0. The standard InChI is InChI=1S/C20H17F2N5O2S/c21-13-3-11(4-14(22)6-13)5-15(9-24)26-19(28)17-7-16-18-12(8-23)10-25-27(18)1-2-29-20(16)30-17/h3-4,6-7,10,15H,1-2,5,9,24H2,(H,26,28). The molecule has 0 aliphatic carbocycles. The molecule has 0 fully saturated rings. The van der Waals surface area contributed by atoms with Crippen molar-refractivity contribution in [2.45, 2.75) is 19.0 Å². The number of ether oxygens (including phenoxy) is 1. The Labute approximate surface area is 174 Å². The van der Waals surface area contributed by atoms with Crippen LogP contribution in [0.25, 0.3) is 11.3 Å². The van der Waals surface area contributed by atoms with Gasteiger partial charge in [0, 0.05) is 18.7 Å². The van der Waals surface area contributed by atoms with Crippen molar-refractivity contribution >= 4 is 17.2 Å². The third-order valence-electron chi connectivity index (χ3n) is 4.70. The fourth-order valence-corrected chi connectivity index (χ4v) is 4.30. The third-order valence-corrected chi connectivity index (χ3v) is 5.74. The average molecular weight is 429 g/mol. The van der Waals surface area contributed by atoms with Gasteiger partial charge in [0.1, 0.15) is 24.3 Å². The summed E-state index contributed by atoms with van der Waals surface area (Å²) in [4.78, 5) is 13.2. The van der Waals surface area contributed by atoms with Gasteiger partial charge in [-0.2, -0.15) is 10.4 Å². The van der Waals surface area contributed by atoms with Gasteiger partial charge in [0.05, 0.1) is 34.4 Å². The number of nitriles is 1. The number of carbonyl (C=O) groups excluding carboxylic acids is 1. The van der Waals surface area contributed by atoms with Gasteiger partial charge in [-0.25, -0.2) is 8.78 Å². The predicted octanol–water partition coefficient (Wildman–Crippen LogP) is 2.45. The molecule has 1 atom stereocenters. The normalized spacial score (nSPS) is 13.4. The number of nitrogens with two attached hydrogens (primary N) is 1. The molecular weight excluding hydrogens is 412 g/mol. The fraction of sp³-hybridized carbons (Fsp3) is 0.250. The molecule has 1 unspecified atom stereocenters. The van der Waals surface area contributed by atoms with E-state index in [1.807, 2.05) is 0 Å². The molecule has 7 nitrogen and oxygen atoms in total. The molecule has 3 aromatic rings. The van der Waals surface area contributed by atoms with E-state index in [-0.39, 0.29) is 18.9 Å². The molecule has 0 radical (unpaired) electrons. The van der Waals surface area contributed by atoms with Crippen molar-refractivity contribution in [2.75, 3.05) is 13.2 Å². The Morgan fingerprint density at radius 2 is 2.13 bits per heavy atom. The van der Waals surface area contributed by atoms with Crippen LogP contribution in [0.4, 0.5) is 8.78 Å². The van der Waals surface area contributed by atoms with Crippen molar-refractivity contribution in [1.29, 1.82) is 5.26 Å². The van der Waals surface area contributed by atoms with Gasteiger partial charge in [-0.15, -0.1) is 0 Å². The van der Waals surface area contributed by atoms with Crippen LogP contribution in [0.1, 0.15) is 20.8 Å². The van der Waals surface area contributed by atoms with E-state index >= 15 is 0 Å². The first-order valence-corrected chi connectivity index (χ1v) is 9.99. The molecule has 2 aromatic heterocycles. The molecular formula is C20H17F2N5O2S. The van der Waals surface area contributed by atoms with Crippen molar-refractivity contribution in [3.8, 4) is 22.4 Å². The highest BCUT2D eigenvalue weighted by molar-refractivity contribution is 7.16. The van der Waals surface area contributed by atoms with Crippen molar-refractivity contribution < 1.29 is 18.3 Å². The first-order valence-electron chi connectivity index (χ1n) is 9.17. The Morgan fingerprint density at radius 1 is 1.37 bits per heavy atom. The first kappa shape index (κ1) is 20.0. The van der Waals surface area contributed by atoms with Gasteiger partial charge in [0.25, 0.3) is 5.91 Å². The van der Waals surface area contributed by atoms with E-state index in [0.717, 1.165) is 17.4 Å². The summed E-state index contributed by atoms with van der Waals surface area (Å²) >= 11 is 1.16. The summed E-state index contributed by atoms with van der Waals surface area (Å²) in [5.41, 5.74) is 7.81. The zero-order valence-electron chi connectivity index (χ0n) is 15.7. The number of rotatable bonds is 5. The van der Waals surface area contributed by atoms with Crippen LogP contribution in [-0.2, 0) is 13.0 Å². The largest absolute Gasteiger partial charge is 0.481 e. The maximum atomic E-state index is 13.4. The molecule has 0 spiro atoms. The Hall–Kier alpha value is -3.29. The van der Waals surface area contributed by atoms with Crippen LogP contribution < -0.4 is 15.8 Å². The molecule has 1 aliphatic rings. The minimum absolute atomic E-state index is 0.0941. The lowest BCUT2D eigenvalue weighted by Crippen LogP contribution is -2.41. The summed E-state index contributed by atoms with van der Waals surface area (Å²) in [6, 6.07) is 6.47. The van der Waals surface area contributed by atoms with Crippen LogP contribution in [0, 0.1) is 23.0 Å². The maximum absolute atomic E-state index is 13.4. The second-order valence-electron chi connectivity index (χ2n) is 6.79. The number of carbonyl (C=O) groups is 1. The van der Waals surface area contributed by atoms with Crippen LogP contribution in [0.2, 0.25) is 0 Å². The molecule has 154 valence electrons. The van der Waals surface area contributed by atoms with E-state index in [2.05, 4.69) is 16.5 Å². The maximum Gasteiger partial charge on any atom is 0.261 e. The van der Waals surface area contributed by atoms with Gasteiger partial charge in [0.15, 0.2) is 5.06 Å². The van der Waals surface area contributed by atoms with Crippen LogP contribution >= 0.6 is 11.3 Å². The highest BCUT2D eigenvalue weighted by atomic mass is 32.1. The zero-order chi connectivity index (χ0) is 21.3.